The predicted molar refractivity (Wildman–Crippen MR) is 101 cm³/mol. The number of methoxy groups -OCH3 is 1. The van der Waals surface area contributed by atoms with E-state index in [1.165, 1.54) is 0 Å². The maximum Gasteiger partial charge on any atom is 0.252 e. The number of pyridine rings is 1. The summed E-state index contributed by atoms with van der Waals surface area (Å²) in [6.07, 6.45) is 3.42. The fraction of sp³-hybridized carbons (Fsp3) is 0.400. The van der Waals surface area contributed by atoms with Crippen molar-refractivity contribution in [3.05, 3.63) is 53.7 Å². The molecule has 0 aliphatic heterocycles. The zero-order valence-corrected chi connectivity index (χ0v) is 15.2. The van der Waals surface area contributed by atoms with E-state index < -0.39 is 0 Å². The van der Waals surface area contributed by atoms with E-state index in [-0.39, 0.29) is 5.91 Å². The number of hydrogen-bond acceptors (Lipinski definition) is 4. The standard InChI is InChI=1S/C20H27N3O2/c1-15(2)10-12-21-19-9-8-17(14-23-19)20(24)22-13-11-16-6-4-5-7-18(16)25-3/h4-9,14-15H,10-13H2,1-3H3,(H,21,23)(H,22,24). The van der Waals surface area contributed by atoms with Gasteiger partial charge >= 0.3 is 0 Å². The van der Waals surface area contributed by atoms with Crippen molar-refractivity contribution in [2.24, 2.45) is 5.92 Å². The van der Waals surface area contributed by atoms with Crippen LogP contribution < -0.4 is 15.4 Å². The van der Waals surface area contributed by atoms with Crippen LogP contribution in [0.25, 0.3) is 0 Å². The molecule has 1 aromatic carbocycles. The molecule has 0 spiro atoms. The summed E-state index contributed by atoms with van der Waals surface area (Å²) in [5.74, 6) is 2.18. The van der Waals surface area contributed by atoms with E-state index in [2.05, 4.69) is 29.5 Å². The van der Waals surface area contributed by atoms with Crippen molar-refractivity contribution < 1.29 is 9.53 Å². The molecule has 1 aromatic heterocycles. The highest BCUT2D eigenvalue weighted by Crippen LogP contribution is 2.17. The first-order valence-electron chi connectivity index (χ1n) is 8.70. The molecule has 0 saturated heterocycles. The molecule has 1 heterocycles. The molecule has 2 aromatic rings. The molecule has 1 amide bonds. The summed E-state index contributed by atoms with van der Waals surface area (Å²) in [6, 6.07) is 11.5. The Labute approximate surface area is 149 Å². The molecule has 0 radical (unpaired) electrons. The Balaban J connectivity index is 1.80. The van der Waals surface area contributed by atoms with Crippen molar-refractivity contribution in [3.63, 3.8) is 0 Å². The third-order valence-corrected chi connectivity index (χ3v) is 3.93. The number of ether oxygens (including phenoxy) is 1. The number of hydrogen-bond donors (Lipinski definition) is 2. The minimum absolute atomic E-state index is 0.115. The largest absolute Gasteiger partial charge is 0.496 e. The first-order chi connectivity index (χ1) is 12.1. The Morgan fingerprint density at radius 3 is 2.64 bits per heavy atom. The number of para-hydroxylation sites is 1. The van der Waals surface area contributed by atoms with Crippen molar-refractivity contribution in [2.45, 2.75) is 26.7 Å². The van der Waals surface area contributed by atoms with Crippen molar-refractivity contribution in [2.75, 3.05) is 25.5 Å². The van der Waals surface area contributed by atoms with Gasteiger partial charge in [0.15, 0.2) is 0 Å². The topological polar surface area (TPSA) is 63.2 Å². The van der Waals surface area contributed by atoms with Gasteiger partial charge in [0.1, 0.15) is 11.6 Å². The third-order valence-electron chi connectivity index (χ3n) is 3.93. The van der Waals surface area contributed by atoms with E-state index in [1.807, 2.05) is 30.3 Å². The smallest absolute Gasteiger partial charge is 0.252 e. The molecule has 5 heteroatoms. The molecule has 25 heavy (non-hydrogen) atoms. The number of anilines is 1. The summed E-state index contributed by atoms with van der Waals surface area (Å²) in [7, 11) is 1.65. The van der Waals surface area contributed by atoms with Gasteiger partial charge in [-0.05, 0) is 42.5 Å². The fourth-order valence-electron chi connectivity index (χ4n) is 2.44. The Morgan fingerprint density at radius 1 is 1.16 bits per heavy atom. The van der Waals surface area contributed by atoms with Crippen molar-refractivity contribution in [1.29, 1.82) is 0 Å². The number of amides is 1. The van der Waals surface area contributed by atoms with Gasteiger partial charge in [0, 0.05) is 19.3 Å². The summed E-state index contributed by atoms with van der Waals surface area (Å²) in [4.78, 5) is 16.5. The van der Waals surface area contributed by atoms with Crippen LogP contribution in [0.1, 0.15) is 36.2 Å². The van der Waals surface area contributed by atoms with Gasteiger partial charge < -0.3 is 15.4 Å². The van der Waals surface area contributed by atoms with E-state index >= 15 is 0 Å². The molecule has 2 N–H and O–H groups in total. The first kappa shape index (κ1) is 18.8. The monoisotopic (exact) mass is 341 g/mol. The number of carbonyl (C=O) groups excluding carboxylic acids is 1. The lowest BCUT2D eigenvalue weighted by Gasteiger charge is -2.10. The minimum atomic E-state index is -0.115. The highest BCUT2D eigenvalue weighted by Gasteiger charge is 2.07. The first-order valence-corrected chi connectivity index (χ1v) is 8.70. The summed E-state index contributed by atoms with van der Waals surface area (Å²) in [5.41, 5.74) is 1.64. The van der Waals surface area contributed by atoms with Crippen LogP contribution in [0.5, 0.6) is 5.75 Å². The number of nitrogens with zero attached hydrogens (tertiary/aromatic N) is 1. The molecule has 0 bridgehead atoms. The zero-order chi connectivity index (χ0) is 18.1. The molecule has 134 valence electrons. The van der Waals surface area contributed by atoms with Crippen LogP contribution in [0, 0.1) is 5.92 Å². The van der Waals surface area contributed by atoms with E-state index in [4.69, 9.17) is 4.74 Å². The normalized spacial score (nSPS) is 10.6. The van der Waals surface area contributed by atoms with Crippen molar-refractivity contribution in [3.8, 4) is 5.75 Å². The number of aromatic nitrogens is 1. The van der Waals surface area contributed by atoms with Crippen LogP contribution in [-0.2, 0) is 6.42 Å². The number of carbonyl (C=O) groups is 1. The molecular formula is C20H27N3O2. The van der Waals surface area contributed by atoms with Crippen molar-refractivity contribution >= 4 is 11.7 Å². The quantitative estimate of drug-likeness (QED) is 0.732. The molecule has 2 rings (SSSR count). The summed E-state index contributed by atoms with van der Waals surface area (Å²) in [5, 5.41) is 6.18. The highest BCUT2D eigenvalue weighted by atomic mass is 16.5. The van der Waals surface area contributed by atoms with E-state index in [9.17, 15) is 4.79 Å². The van der Waals surface area contributed by atoms with E-state index in [0.29, 0.717) is 18.0 Å². The SMILES string of the molecule is COc1ccccc1CCNC(=O)c1ccc(NCCC(C)C)nc1. The Kier molecular flexibility index (Phi) is 7.26. The number of benzene rings is 1. The highest BCUT2D eigenvalue weighted by molar-refractivity contribution is 5.94. The minimum Gasteiger partial charge on any atom is -0.496 e. The molecular weight excluding hydrogens is 314 g/mol. The van der Waals surface area contributed by atoms with Crippen LogP contribution in [-0.4, -0.2) is 31.1 Å². The average molecular weight is 341 g/mol. The van der Waals surface area contributed by atoms with Gasteiger partial charge in [0.25, 0.3) is 5.91 Å². The van der Waals surface area contributed by atoms with E-state index in [1.54, 1.807) is 19.4 Å². The lowest BCUT2D eigenvalue weighted by atomic mass is 10.1. The van der Waals surface area contributed by atoms with E-state index in [0.717, 1.165) is 36.5 Å². The number of nitrogens with one attached hydrogen (secondary N) is 2. The van der Waals surface area contributed by atoms with Gasteiger partial charge in [0.2, 0.25) is 0 Å². The summed E-state index contributed by atoms with van der Waals surface area (Å²) in [6.45, 7) is 5.81. The molecule has 0 fully saturated rings. The lowest BCUT2D eigenvalue weighted by Crippen LogP contribution is -2.26. The molecule has 0 saturated carbocycles. The van der Waals surface area contributed by atoms with Crippen LogP contribution >= 0.6 is 0 Å². The fourth-order valence-corrected chi connectivity index (χ4v) is 2.44. The zero-order valence-electron chi connectivity index (χ0n) is 15.2. The molecule has 0 aliphatic rings. The Morgan fingerprint density at radius 2 is 1.96 bits per heavy atom. The van der Waals surface area contributed by atoms with Crippen LogP contribution in [0.2, 0.25) is 0 Å². The average Bonchev–Trinajstić information content (AvgIpc) is 2.62. The van der Waals surface area contributed by atoms with Crippen LogP contribution in [0.4, 0.5) is 5.82 Å². The van der Waals surface area contributed by atoms with Gasteiger partial charge in [0.05, 0.1) is 12.7 Å². The number of rotatable bonds is 9. The molecule has 0 unspecified atom stereocenters. The van der Waals surface area contributed by atoms with Gasteiger partial charge in [-0.25, -0.2) is 4.98 Å². The third kappa shape index (κ3) is 6.10. The lowest BCUT2D eigenvalue weighted by molar-refractivity contribution is 0.0953. The summed E-state index contributed by atoms with van der Waals surface area (Å²) < 4.78 is 5.32. The predicted octanol–water partition coefficient (Wildman–Crippen LogP) is 3.52. The molecule has 0 aliphatic carbocycles. The maximum absolute atomic E-state index is 12.2. The second kappa shape index (κ2) is 9.67. The second-order valence-corrected chi connectivity index (χ2v) is 6.36. The van der Waals surface area contributed by atoms with Crippen molar-refractivity contribution in [1.82, 2.24) is 10.3 Å². The summed E-state index contributed by atoms with van der Waals surface area (Å²) >= 11 is 0. The molecule has 0 atom stereocenters. The van der Waals surface area contributed by atoms with Gasteiger partial charge in [-0.15, -0.1) is 0 Å². The van der Waals surface area contributed by atoms with Crippen LogP contribution in [0.15, 0.2) is 42.6 Å². The van der Waals surface area contributed by atoms with Gasteiger partial charge in [-0.1, -0.05) is 32.0 Å². The van der Waals surface area contributed by atoms with Crippen LogP contribution in [0.3, 0.4) is 0 Å². The molecule has 5 nitrogen and oxygen atoms in total. The maximum atomic E-state index is 12.2. The Hall–Kier alpha value is -2.56. The second-order valence-electron chi connectivity index (χ2n) is 6.36. The Bertz CT molecular complexity index is 669. The van der Waals surface area contributed by atoms with Gasteiger partial charge in [-0.2, -0.15) is 0 Å². The van der Waals surface area contributed by atoms with Gasteiger partial charge in [-0.3, -0.25) is 4.79 Å².